The van der Waals surface area contributed by atoms with Crippen molar-refractivity contribution in [2.45, 2.75) is 13.0 Å². The average molecular weight is 284 g/mol. The van der Waals surface area contributed by atoms with Crippen LogP contribution in [0.2, 0.25) is 0 Å². The molecule has 2 heterocycles. The van der Waals surface area contributed by atoms with Crippen LogP contribution < -0.4 is 0 Å². The molecule has 0 unspecified atom stereocenters. The van der Waals surface area contributed by atoms with Crippen LogP contribution in [0.15, 0.2) is 30.3 Å². The zero-order valence-electron chi connectivity index (χ0n) is 12.5. The van der Waals surface area contributed by atoms with Gasteiger partial charge in [0.1, 0.15) is 5.82 Å². The molecule has 5 nitrogen and oxygen atoms in total. The Balaban J connectivity index is 1.78. The average Bonchev–Trinajstić information content (AvgIpc) is 2.90. The van der Waals surface area contributed by atoms with Crippen molar-refractivity contribution < 1.29 is 4.79 Å². The number of fused-ring (bicyclic) bond motifs is 1. The number of benzene rings is 1. The highest BCUT2D eigenvalue weighted by atomic mass is 16.2. The van der Waals surface area contributed by atoms with Crippen molar-refractivity contribution in [3.63, 3.8) is 0 Å². The lowest BCUT2D eigenvalue weighted by molar-refractivity contribution is -0.132. The van der Waals surface area contributed by atoms with Crippen molar-refractivity contribution >= 4 is 5.91 Å². The summed E-state index contributed by atoms with van der Waals surface area (Å²) >= 11 is 0. The van der Waals surface area contributed by atoms with Gasteiger partial charge in [0, 0.05) is 18.5 Å². The van der Waals surface area contributed by atoms with Gasteiger partial charge in [0.05, 0.1) is 24.5 Å². The maximum Gasteiger partial charge on any atom is 0.237 e. The number of amides is 1. The fourth-order valence-corrected chi connectivity index (χ4v) is 2.61. The van der Waals surface area contributed by atoms with Gasteiger partial charge in [-0.2, -0.15) is 0 Å². The van der Waals surface area contributed by atoms with Crippen LogP contribution >= 0.6 is 0 Å². The third kappa shape index (κ3) is 2.97. The topological polar surface area (TPSA) is 52.2 Å². The van der Waals surface area contributed by atoms with Crippen LogP contribution in [-0.4, -0.2) is 52.9 Å². The largest absolute Gasteiger partial charge is 0.340 e. The fourth-order valence-electron chi connectivity index (χ4n) is 2.61. The number of hydrogen-bond acceptors (Lipinski definition) is 3. The van der Waals surface area contributed by atoms with Crippen molar-refractivity contribution in [3.8, 4) is 11.4 Å². The first-order valence-corrected chi connectivity index (χ1v) is 7.19. The number of nitrogens with one attached hydrogen (secondary N) is 1. The smallest absolute Gasteiger partial charge is 0.237 e. The lowest BCUT2D eigenvalue weighted by Crippen LogP contribution is -2.40. The second-order valence-electron chi connectivity index (χ2n) is 5.68. The zero-order valence-corrected chi connectivity index (χ0v) is 12.5. The molecule has 0 atom stereocenters. The summed E-state index contributed by atoms with van der Waals surface area (Å²) in [5.41, 5.74) is 3.23. The van der Waals surface area contributed by atoms with Gasteiger partial charge in [0.15, 0.2) is 0 Å². The minimum absolute atomic E-state index is 0.168. The molecule has 0 aliphatic carbocycles. The summed E-state index contributed by atoms with van der Waals surface area (Å²) in [6, 6.07) is 10.1. The highest BCUT2D eigenvalue weighted by Crippen LogP contribution is 2.22. The molecule has 1 aliphatic heterocycles. The van der Waals surface area contributed by atoms with Gasteiger partial charge in [-0.3, -0.25) is 4.79 Å². The molecule has 1 aromatic heterocycles. The number of carbonyl (C=O) groups excluding carboxylic acids is 1. The first kappa shape index (κ1) is 13.8. The molecule has 1 N–H and O–H groups in total. The lowest BCUT2D eigenvalue weighted by Gasteiger charge is -2.27. The predicted molar refractivity (Wildman–Crippen MR) is 81.7 cm³/mol. The SMILES string of the molecule is CN(C)CC(=O)N1CCc2nc(-c3ccccc3)[nH]c2C1. The van der Waals surface area contributed by atoms with E-state index in [0.29, 0.717) is 13.1 Å². The molecule has 0 radical (unpaired) electrons. The van der Waals surface area contributed by atoms with Crippen LogP contribution in [0.5, 0.6) is 0 Å². The maximum atomic E-state index is 12.1. The lowest BCUT2D eigenvalue weighted by atomic mass is 10.1. The number of aromatic amines is 1. The van der Waals surface area contributed by atoms with E-state index in [4.69, 9.17) is 0 Å². The molecule has 0 saturated carbocycles. The van der Waals surface area contributed by atoms with Gasteiger partial charge in [-0.1, -0.05) is 30.3 Å². The normalized spacial score (nSPS) is 14.3. The number of likely N-dealkylation sites (N-methyl/N-ethyl adjacent to an activating group) is 1. The molecule has 110 valence electrons. The van der Waals surface area contributed by atoms with E-state index in [0.717, 1.165) is 35.7 Å². The minimum Gasteiger partial charge on any atom is -0.340 e. The molecule has 3 rings (SSSR count). The van der Waals surface area contributed by atoms with E-state index in [1.54, 1.807) is 0 Å². The Kier molecular flexibility index (Phi) is 3.75. The summed E-state index contributed by atoms with van der Waals surface area (Å²) in [6.45, 7) is 1.83. The molecular formula is C16H20N4O. The number of rotatable bonds is 3. The van der Waals surface area contributed by atoms with Crippen molar-refractivity contribution in [2.75, 3.05) is 27.2 Å². The number of carbonyl (C=O) groups is 1. The van der Waals surface area contributed by atoms with Crippen LogP contribution in [-0.2, 0) is 17.8 Å². The molecule has 5 heteroatoms. The van der Waals surface area contributed by atoms with Crippen molar-refractivity contribution in [3.05, 3.63) is 41.7 Å². The fraction of sp³-hybridized carbons (Fsp3) is 0.375. The van der Waals surface area contributed by atoms with E-state index in [1.165, 1.54) is 0 Å². The molecule has 1 amide bonds. The highest BCUT2D eigenvalue weighted by Gasteiger charge is 2.24. The summed E-state index contributed by atoms with van der Waals surface area (Å²) in [4.78, 5) is 24.0. The third-order valence-corrected chi connectivity index (χ3v) is 3.68. The van der Waals surface area contributed by atoms with E-state index in [-0.39, 0.29) is 5.91 Å². The summed E-state index contributed by atoms with van der Waals surface area (Å²) in [5.74, 6) is 1.06. The van der Waals surface area contributed by atoms with E-state index in [1.807, 2.05) is 54.2 Å². The molecular weight excluding hydrogens is 264 g/mol. The monoisotopic (exact) mass is 284 g/mol. The molecule has 0 saturated heterocycles. The van der Waals surface area contributed by atoms with Crippen molar-refractivity contribution in [2.24, 2.45) is 0 Å². The Bertz CT molecular complexity index is 633. The molecule has 2 aromatic rings. The number of aromatic nitrogens is 2. The zero-order chi connectivity index (χ0) is 14.8. The second-order valence-corrected chi connectivity index (χ2v) is 5.68. The van der Waals surface area contributed by atoms with Crippen LogP contribution in [0.25, 0.3) is 11.4 Å². The Morgan fingerprint density at radius 2 is 2.10 bits per heavy atom. The Morgan fingerprint density at radius 3 is 2.81 bits per heavy atom. The van der Waals surface area contributed by atoms with Gasteiger partial charge in [-0.25, -0.2) is 4.98 Å². The van der Waals surface area contributed by atoms with Gasteiger partial charge in [-0.15, -0.1) is 0 Å². The van der Waals surface area contributed by atoms with Crippen molar-refractivity contribution in [1.29, 1.82) is 0 Å². The number of imidazole rings is 1. The first-order valence-electron chi connectivity index (χ1n) is 7.19. The molecule has 21 heavy (non-hydrogen) atoms. The predicted octanol–water partition coefficient (Wildman–Crippen LogP) is 1.52. The van der Waals surface area contributed by atoms with Gasteiger partial charge in [-0.05, 0) is 14.1 Å². The van der Waals surface area contributed by atoms with Crippen LogP contribution in [0, 0.1) is 0 Å². The van der Waals surface area contributed by atoms with Crippen LogP contribution in [0.1, 0.15) is 11.4 Å². The Hall–Kier alpha value is -2.14. The standard InChI is InChI=1S/C16H20N4O/c1-19(2)11-15(21)20-9-8-13-14(10-20)18-16(17-13)12-6-4-3-5-7-12/h3-7H,8-11H2,1-2H3,(H,17,18). The minimum atomic E-state index is 0.168. The number of H-pyrrole nitrogens is 1. The quantitative estimate of drug-likeness (QED) is 0.930. The first-order chi connectivity index (χ1) is 10.1. The highest BCUT2D eigenvalue weighted by molar-refractivity contribution is 5.78. The summed E-state index contributed by atoms with van der Waals surface area (Å²) < 4.78 is 0. The van der Waals surface area contributed by atoms with Crippen LogP contribution in [0.3, 0.4) is 0 Å². The molecule has 0 bridgehead atoms. The number of hydrogen-bond donors (Lipinski definition) is 1. The van der Waals surface area contributed by atoms with Gasteiger partial charge in [0.2, 0.25) is 5.91 Å². The van der Waals surface area contributed by atoms with E-state index >= 15 is 0 Å². The Morgan fingerprint density at radius 1 is 1.33 bits per heavy atom. The second kappa shape index (κ2) is 5.69. The van der Waals surface area contributed by atoms with Gasteiger partial charge >= 0.3 is 0 Å². The summed E-state index contributed by atoms with van der Waals surface area (Å²) in [6.07, 6.45) is 0.817. The van der Waals surface area contributed by atoms with E-state index in [9.17, 15) is 4.79 Å². The molecule has 1 aromatic carbocycles. The van der Waals surface area contributed by atoms with E-state index < -0.39 is 0 Å². The summed E-state index contributed by atoms with van der Waals surface area (Å²) in [5, 5.41) is 0. The van der Waals surface area contributed by atoms with Gasteiger partial charge < -0.3 is 14.8 Å². The van der Waals surface area contributed by atoms with Crippen LogP contribution in [0.4, 0.5) is 0 Å². The maximum absolute atomic E-state index is 12.1. The van der Waals surface area contributed by atoms with Gasteiger partial charge in [0.25, 0.3) is 0 Å². The Labute approximate surface area is 124 Å². The van der Waals surface area contributed by atoms with Crippen molar-refractivity contribution in [1.82, 2.24) is 19.8 Å². The number of nitrogens with zero attached hydrogens (tertiary/aromatic N) is 3. The van der Waals surface area contributed by atoms with E-state index in [2.05, 4.69) is 9.97 Å². The third-order valence-electron chi connectivity index (χ3n) is 3.68. The molecule has 1 aliphatic rings. The summed E-state index contributed by atoms with van der Waals surface area (Å²) in [7, 11) is 3.83. The molecule has 0 fully saturated rings. The molecule has 0 spiro atoms.